The third-order valence-electron chi connectivity index (χ3n) is 5.37. The number of pyridine rings is 1. The Morgan fingerprint density at radius 2 is 1.84 bits per heavy atom. The predicted octanol–water partition coefficient (Wildman–Crippen LogP) is 4.11. The molecule has 1 atom stereocenters. The molecule has 1 saturated carbocycles. The molecule has 0 aliphatic heterocycles. The minimum atomic E-state index is 0.392. The predicted molar refractivity (Wildman–Crippen MR) is 81.1 cm³/mol. The lowest BCUT2D eigenvalue weighted by atomic mass is 9.97. The second kappa shape index (κ2) is 4.90. The number of aryl methyl sites for hydroxylation is 1. The summed E-state index contributed by atoms with van der Waals surface area (Å²) in [7, 11) is 0. The van der Waals surface area contributed by atoms with Crippen LogP contribution in [0.2, 0.25) is 0 Å². The maximum atomic E-state index is 4.47. The summed E-state index contributed by atoms with van der Waals surface area (Å²) in [5.41, 5.74) is 3.21. The molecule has 1 aromatic rings. The fourth-order valence-electron chi connectivity index (χ4n) is 3.47. The molecule has 2 heteroatoms. The highest BCUT2D eigenvalue weighted by Crippen LogP contribution is 2.72. The Morgan fingerprint density at radius 3 is 2.26 bits per heavy atom. The molecule has 1 heterocycles. The van der Waals surface area contributed by atoms with E-state index >= 15 is 0 Å². The second-order valence-electron chi connectivity index (χ2n) is 7.09. The first-order valence-electron chi connectivity index (χ1n) is 7.48. The molecule has 2 nitrogen and oxygen atoms in total. The van der Waals surface area contributed by atoms with Gasteiger partial charge in [-0.2, -0.15) is 0 Å². The van der Waals surface area contributed by atoms with Crippen LogP contribution < -0.4 is 5.32 Å². The third kappa shape index (κ3) is 2.43. The van der Waals surface area contributed by atoms with Crippen LogP contribution in [-0.4, -0.2) is 11.5 Å². The quantitative estimate of drug-likeness (QED) is 0.861. The Labute approximate surface area is 118 Å². The van der Waals surface area contributed by atoms with E-state index in [1.807, 2.05) is 13.1 Å². The standard InChI is InChI=1S/C17H28N2/c1-7-10-18-14(13-9-8-12(2)19-11-13)15-16(3,4)17(15,5)6/h8-9,11,14-15,18H,7,10H2,1-6H3. The summed E-state index contributed by atoms with van der Waals surface area (Å²) in [5, 5.41) is 3.74. The summed E-state index contributed by atoms with van der Waals surface area (Å²) < 4.78 is 0. The van der Waals surface area contributed by atoms with E-state index in [-0.39, 0.29) is 0 Å². The van der Waals surface area contributed by atoms with E-state index in [0.717, 1.165) is 12.2 Å². The molecule has 0 amide bonds. The van der Waals surface area contributed by atoms with Gasteiger partial charge in [0.15, 0.2) is 0 Å². The van der Waals surface area contributed by atoms with Crippen LogP contribution in [0.25, 0.3) is 0 Å². The summed E-state index contributed by atoms with van der Waals surface area (Å²) in [6, 6.07) is 4.79. The summed E-state index contributed by atoms with van der Waals surface area (Å²) in [6.45, 7) is 14.9. The zero-order valence-electron chi connectivity index (χ0n) is 13.2. The summed E-state index contributed by atoms with van der Waals surface area (Å²) in [6.07, 6.45) is 3.22. The zero-order valence-corrected chi connectivity index (χ0v) is 13.2. The van der Waals surface area contributed by atoms with Crippen molar-refractivity contribution in [2.45, 2.75) is 54.0 Å². The molecular weight excluding hydrogens is 232 g/mol. The maximum absolute atomic E-state index is 4.47. The number of rotatable bonds is 5. The van der Waals surface area contributed by atoms with E-state index in [1.165, 1.54) is 12.0 Å². The van der Waals surface area contributed by atoms with Gasteiger partial charge in [0.05, 0.1) is 0 Å². The molecule has 0 saturated heterocycles. The average Bonchev–Trinajstić information content (AvgIpc) is 2.74. The van der Waals surface area contributed by atoms with Crippen LogP contribution >= 0.6 is 0 Å². The average molecular weight is 260 g/mol. The van der Waals surface area contributed by atoms with Gasteiger partial charge in [0.1, 0.15) is 0 Å². The van der Waals surface area contributed by atoms with Crippen molar-refractivity contribution in [1.29, 1.82) is 0 Å². The maximum Gasteiger partial charge on any atom is 0.0374 e. The molecule has 1 aliphatic rings. The first-order chi connectivity index (χ1) is 8.82. The van der Waals surface area contributed by atoms with Gasteiger partial charge in [-0.15, -0.1) is 0 Å². The van der Waals surface area contributed by atoms with Crippen molar-refractivity contribution in [1.82, 2.24) is 10.3 Å². The highest BCUT2D eigenvalue weighted by Gasteiger charge is 2.67. The Hall–Kier alpha value is -0.890. The monoisotopic (exact) mass is 260 g/mol. The molecule has 2 rings (SSSR count). The molecule has 0 spiro atoms. The molecule has 1 fully saturated rings. The topological polar surface area (TPSA) is 24.9 Å². The molecule has 0 aromatic carbocycles. The number of nitrogens with zero attached hydrogens (tertiary/aromatic N) is 1. The largest absolute Gasteiger partial charge is 0.310 e. The zero-order chi connectivity index (χ0) is 14.3. The van der Waals surface area contributed by atoms with Gasteiger partial charge in [-0.1, -0.05) is 40.7 Å². The number of hydrogen-bond acceptors (Lipinski definition) is 2. The molecule has 1 N–H and O–H groups in total. The molecule has 106 valence electrons. The molecule has 0 bridgehead atoms. The van der Waals surface area contributed by atoms with Crippen molar-refractivity contribution >= 4 is 0 Å². The lowest BCUT2D eigenvalue weighted by Crippen LogP contribution is -2.26. The molecule has 1 aromatic heterocycles. The molecule has 0 radical (unpaired) electrons. The van der Waals surface area contributed by atoms with Gasteiger partial charge in [0.2, 0.25) is 0 Å². The fraction of sp³-hybridized carbons (Fsp3) is 0.706. The van der Waals surface area contributed by atoms with Gasteiger partial charge < -0.3 is 5.32 Å². The van der Waals surface area contributed by atoms with Crippen LogP contribution in [0.15, 0.2) is 18.3 Å². The third-order valence-corrected chi connectivity index (χ3v) is 5.37. The van der Waals surface area contributed by atoms with E-state index in [0.29, 0.717) is 22.8 Å². The Bertz CT molecular complexity index is 417. The van der Waals surface area contributed by atoms with Crippen molar-refractivity contribution in [3.63, 3.8) is 0 Å². The van der Waals surface area contributed by atoms with Gasteiger partial charge in [-0.3, -0.25) is 4.98 Å². The summed E-state index contributed by atoms with van der Waals surface area (Å²) in [4.78, 5) is 4.47. The van der Waals surface area contributed by atoms with Crippen LogP contribution in [0.1, 0.15) is 58.3 Å². The van der Waals surface area contributed by atoms with E-state index in [4.69, 9.17) is 0 Å². The van der Waals surface area contributed by atoms with Crippen molar-refractivity contribution in [2.75, 3.05) is 6.54 Å². The van der Waals surface area contributed by atoms with Crippen LogP contribution in [0.3, 0.4) is 0 Å². The Kier molecular flexibility index (Phi) is 3.74. The second-order valence-corrected chi connectivity index (χ2v) is 7.09. The molecule has 1 aliphatic carbocycles. The van der Waals surface area contributed by atoms with Gasteiger partial charge >= 0.3 is 0 Å². The van der Waals surface area contributed by atoms with Crippen molar-refractivity contribution in [3.8, 4) is 0 Å². The van der Waals surface area contributed by atoms with Gasteiger partial charge in [-0.25, -0.2) is 0 Å². The fourth-order valence-corrected chi connectivity index (χ4v) is 3.47. The van der Waals surface area contributed by atoms with E-state index in [1.54, 1.807) is 0 Å². The van der Waals surface area contributed by atoms with Crippen LogP contribution in [0.4, 0.5) is 0 Å². The smallest absolute Gasteiger partial charge is 0.0374 e. The first-order valence-corrected chi connectivity index (χ1v) is 7.48. The van der Waals surface area contributed by atoms with E-state index in [9.17, 15) is 0 Å². The molecular formula is C17H28N2. The Morgan fingerprint density at radius 1 is 1.21 bits per heavy atom. The van der Waals surface area contributed by atoms with Crippen LogP contribution in [0, 0.1) is 23.7 Å². The highest BCUT2D eigenvalue weighted by atomic mass is 15.0. The van der Waals surface area contributed by atoms with Crippen LogP contribution in [-0.2, 0) is 0 Å². The summed E-state index contributed by atoms with van der Waals surface area (Å²) >= 11 is 0. The van der Waals surface area contributed by atoms with Crippen molar-refractivity contribution in [3.05, 3.63) is 29.6 Å². The summed E-state index contributed by atoms with van der Waals surface area (Å²) in [5.74, 6) is 0.677. The lowest BCUT2D eigenvalue weighted by molar-refractivity contribution is 0.409. The molecule has 19 heavy (non-hydrogen) atoms. The van der Waals surface area contributed by atoms with E-state index in [2.05, 4.69) is 57.1 Å². The van der Waals surface area contributed by atoms with Gasteiger partial charge in [-0.05, 0) is 48.3 Å². The van der Waals surface area contributed by atoms with Gasteiger partial charge in [0, 0.05) is 17.9 Å². The SMILES string of the molecule is CCCNC(c1ccc(C)nc1)C1C(C)(C)C1(C)C. The first kappa shape index (κ1) is 14.5. The van der Waals surface area contributed by atoms with Gasteiger partial charge in [0.25, 0.3) is 0 Å². The highest BCUT2D eigenvalue weighted by molar-refractivity contribution is 5.26. The Balaban J connectivity index is 2.25. The number of aromatic nitrogens is 1. The lowest BCUT2D eigenvalue weighted by Gasteiger charge is -2.21. The number of nitrogens with one attached hydrogen (secondary N) is 1. The normalized spacial score (nSPS) is 22.2. The minimum absolute atomic E-state index is 0.392. The van der Waals surface area contributed by atoms with Crippen molar-refractivity contribution in [2.24, 2.45) is 16.7 Å². The number of hydrogen-bond donors (Lipinski definition) is 1. The van der Waals surface area contributed by atoms with Crippen LogP contribution in [0.5, 0.6) is 0 Å². The minimum Gasteiger partial charge on any atom is -0.310 e. The van der Waals surface area contributed by atoms with E-state index < -0.39 is 0 Å². The van der Waals surface area contributed by atoms with Crippen molar-refractivity contribution < 1.29 is 0 Å². The molecule has 1 unspecified atom stereocenters.